The van der Waals surface area contributed by atoms with Gasteiger partial charge >= 0.3 is 0 Å². The number of rotatable bonds is 3. The average Bonchev–Trinajstić information content (AvgIpc) is 2.37. The average molecular weight is 278 g/mol. The van der Waals surface area contributed by atoms with Crippen LogP contribution in [0.2, 0.25) is 0 Å². The van der Waals surface area contributed by atoms with Crippen LogP contribution in [0.4, 0.5) is 0 Å². The van der Waals surface area contributed by atoms with E-state index in [0.29, 0.717) is 6.17 Å². The van der Waals surface area contributed by atoms with Crippen LogP contribution < -0.4 is 5.32 Å². The maximum atomic E-state index is 3.62. The van der Waals surface area contributed by atoms with Crippen LogP contribution in [-0.2, 0) is 0 Å². The van der Waals surface area contributed by atoms with Crippen LogP contribution in [0.15, 0.2) is 0 Å². The van der Waals surface area contributed by atoms with Crippen molar-refractivity contribution in [3.63, 3.8) is 0 Å². The van der Waals surface area contributed by atoms with E-state index in [1.807, 2.05) is 0 Å². The number of hydrogen-bond acceptors (Lipinski definition) is 4. The first kappa shape index (κ1) is 13.5. The number of piperazine rings is 2. The molecular formula is C16H30N4. The third kappa shape index (κ3) is 2.52. The summed E-state index contributed by atoms with van der Waals surface area (Å²) in [5.74, 6) is 0. The van der Waals surface area contributed by atoms with E-state index in [-0.39, 0.29) is 0 Å². The lowest BCUT2D eigenvalue weighted by Gasteiger charge is -2.52. The Morgan fingerprint density at radius 3 is 1.95 bits per heavy atom. The minimum Gasteiger partial charge on any atom is -0.313 e. The molecule has 0 spiro atoms. The predicted molar refractivity (Wildman–Crippen MR) is 81.8 cm³/mol. The van der Waals surface area contributed by atoms with Crippen molar-refractivity contribution in [1.82, 2.24) is 20.0 Å². The Labute approximate surface area is 123 Å². The molecule has 2 heterocycles. The summed E-state index contributed by atoms with van der Waals surface area (Å²) in [7, 11) is 0. The fraction of sp³-hybridized carbons (Fsp3) is 1.00. The van der Waals surface area contributed by atoms with Crippen LogP contribution in [0.25, 0.3) is 0 Å². The first-order chi connectivity index (χ1) is 9.92. The highest BCUT2D eigenvalue weighted by atomic mass is 15.4. The van der Waals surface area contributed by atoms with E-state index in [0.717, 1.165) is 12.1 Å². The molecule has 114 valence electrons. The predicted octanol–water partition coefficient (Wildman–Crippen LogP) is 0.940. The van der Waals surface area contributed by atoms with Gasteiger partial charge in [0.05, 0.1) is 6.17 Å². The molecule has 4 aliphatic rings. The molecule has 0 radical (unpaired) electrons. The quantitative estimate of drug-likeness (QED) is 0.829. The molecule has 1 unspecified atom stereocenters. The minimum atomic E-state index is 0.678. The second-order valence-electron chi connectivity index (χ2n) is 7.16. The second-order valence-corrected chi connectivity index (χ2v) is 7.16. The number of nitrogens with zero attached hydrogens (tertiary/aromatic N) is 3. The number of nitrogens with one attached hydrogen (secondary N) is 1. The molecule has 2 saturated heterocycles. The van der Waals surface area contributed by atoms with Crippen LogP contribution in [0.5, 0.6) is 0 Å². The van der Waals surface area contributed by atoms with Gasteiger partial charge in [-0.05, 0) is 25.7 Å². The lowest BCUT2D eigenvalue weighted by Crippen LogP contribution is -2.66. The van der Waals surface area contributed by atoms with Gasteiger partial charge in [-0.25, -0.2) is 0 Å². The molecule has 2 aliphatic carbocycles. The van der Waals surface area contributed by atoms with Crippen molar-refractivity contribution in [2.75, 3.05) is 45.8 Å². The minimum absolute atomic E-state index is 0.678. The van der Waals surface area contributed by atoms with Gasteiger partial charge in [0.1, 0.15) is 0 Å². The summed E-state index contributed by atoms with van der Waals surface area (Å²) in [6.45, 7) is 8.81. The highest BCUT2D eigenvalue weighted by Crippen LogP contribution is 2.29. The monoisotopic (exact) mass is 278 g/mol. The van der Waals surface area contributed by atoms with Gasteiger partial charge in [0.15, 0.2) is 0 Å². The van der Waals surface area contributed by atoms with Crippen molar-refractivity contribution in [3.8, 4) is 0 Å². The largest absolute Gasteiger partial charge is 0.313 e. The molecule has 1 atom stereocenters. The van der Waals surface area contributed by atoms with Crippen molar-refractivity contribution >= 4 is 0 Å². The molecule has 0 bridgehead atoms. The maximum absolute atomic E-state index is 3.62. The number of hydrogen-bond donors (Lipinski definition) is 1. The maximum Gasteiger partial charge on any atom is 0.0754 e. The zero-order chi connectivity index (χ0) is 13.4. The first-order valence-corrected chi connectivity index (χ1v) is 8.86. The molecule has 4 rings (SSSR count). The van der Waals surface area contributed by atoms with Gasteiger partial charge in [-0.2, -0.15) is 0 Å². The zero-order valence-electron chi connectivity index (χ0n) is 12.8. The zero-order valence-corrected chi connectivity index (χ0v) is 12.8. The highest BCUT2D eigenvalue weighted by molar-refractivity contribution is 4.92. The van der Waals surface area contributed by atoms with Crippen molar-refractivity contribution < 1.29 is 0 Å². The van der Waals surface area contributed by atoms with Gasteiger partial charge in [0.25, 0.3) is 0 Å². The molecule has 0 aromatic carbocycles. The summed E-state index contributed by atoms with van der Waals surface area (Å²) in [6.07, 6.45) is 9.40. The van der Waals surface area contributed by atoms with Crippen LogP contribution in [-0.4, -0.2) is 78.8 Å². The molecule has 0 amide bonds. The lowest BCUT2D eigenvalue weighted by atomic mass is 9.90. The van der Waals surface area contributed by atoms with Crippen LogP contribution in [0.1, 0.15) is 38.5 Å². The third-order valence-electron chi connectivity index (χ3n) is 6.16. The van der Waals surface area contributed by atoms with Crippen LogP contribution in [0.3, 0.4) is 0 Å². The lowest BCUT2D eigenvalue weighted by molar-refractivity contribution is -0.0536. The third-order valence-corrected chi connectivity index (χ3v) is 6.16. The van der Waals surface area contributed by atoms with E-state index < -0.39 is 0 Å². The van der Waals surface area contributed by atoms with Crippen molar-refractivity contribution in [2.24, 2.45) is 0 Å². The summed E-state index contributed by atoms with van der Waals surface area (Å²) in [5.41, 5.74) is 0. The molecule has 1 N–H and O–H groups in total. The molecule has 4 fully saturated rings. The molecule has 0 aromatic rings. The van der Waals surface area contributed by atoms with Crippen molar-refractivity contribution in [2.45, 2.75) is 56.8 Å². The van der Waals surface area contributed by atoms with Gasteiger partial charge in [0.2, 0.25) is 0 Å². The Bertz CT molecular complexity index is 318. The van der Waals surface area contributed by atoms with Gasteiger partial charge in [-0.1, -0.05) is 12.8 Å². The fourth-order valence-electron chi connectivity index (χ4n) is 4.34. The standard InChI is InChI=1S/C16H30N4/c1-3-14(4-1)18-9-11-19(12-10-18)16-13-17-7-8-20(16)15-5-2-6-15/h14-17H,1-13H2. The Morgan fingerprint density at radius 2 is 1.35 bits per heavy atom. The molecule has 20 heavy (non-hydrogen) atoms. The molecule has 4 nitrogen and oxygen atoms in total. The topological polar surface area (TPSA) is 21.8 Å². The highest BCUT2D eigenvalue weighted by Gasteiger charge is 2.37. The van der Waals surface area contributed by atoms with Gasteiger partial charge in [0, 0.05) is 57.9 Å². The molecule has 4 heteroatoms. The summed E-state index contributed by atoms with van der Waals surface area (Å²) in [4.78, 5) is 8.34. The van der Waals surface area contributed by atoms with E-state index >= 15 is 0 Å². The first-order valence-electron chi connectivity index (χ1n) is 8.86. The Hall–Kier alpha value is -0.160. The normalized spacial score (nSPS) is 35.7. The summed E-state index contributed by atoms with van der Waals surface area (Å²) in [5, 5.41) is 3.62. The molecular weight excluding hydrogens is 248 g/mol. The smallest absolute Gasteiger partial charge is 0.0754 e. The second kappa shape index (κ2) is 5.91. The SMILES string of the molecule is C1CC(N2CCN(C3CNCCN3C3CCC3)CC2)C1. The van der Waals surface area contributed by atoms with Gasteiger partial charge in [-0.15, -0.1) is 0 Å². The van der Waals surface area contributed by atoms with Crippen molar-refractivity contribution in [1.29, 1.82) is 0 Å². The van der Waals surface area contributed by atoms with Crippen molar-refractivity contribution in [3.05, 3.63) is 0 Å². The Kier molecular flexibility index (Phi) is 3.99. The summed E-state index contributed by atoms with van der Waals surface area (Å²) < 4.78 is 0. The van der Waals surface area contributed by atoms with E-state index in [9.17, 15) is 0 Å². The summed E-state index contributed by atoms with van der Waals surface area (Å²) >= 11 is 0. The van der Waals surface area contributed by atoms with E-state index in [1.54, 1.807) is 0 Å². The fourth-order valence-corrected chi connectivity index (χ4v) is 4.34. The summed E-state index contributed by atoms with van der Waals surface area (Å²) in [6, 6.07) is 1.83. The van der Waals surface area contributed by atoms with Gasteiger partial charge < -0.3 is 5.32 Å². The van der Waals surface area contributed by atoms with E-state index in [4.69, 9.17) is 0 Å². The molecule has 0 aromatic heterocycles. The Morgan fingerprint density at radius 1 is 0.700 bits per heavy atom. The van der Waals surface area contributed by atoms with Crippen LogP contribution in [0, 0.1) is 0 Å². The van der Waals surface area contributed by atoms with Crippen LogP contribution >= 0.6 is 0 Å². The van der Waals surface area contributed by atoms with Gasteiger partial charge in [-0.3, -0.25) is 14.7 Å². The molecule has 2 aliphatic heterocycles. The molecule has 2 saturated carbocycles. The van der Waals surface area contributed by atoms with E-state index in [2.05, 4.69) is 20.0 Å². The Balaban J connectivity index is 1.34. The van der Waals surface area contributed by atoms with E-state index in [1.165, 1.54) is 84.3 Å².